The molecule has 2 atom stereocenters. The van der Waals surface area contributed by atoms with Crippen LogP contribution in [0.15, 0.2) is 35.3 Å². The molecule has 3 N–H and O–H groups in total. The van der Waals surface area contributed by atoms with Crippen LogP contribution >= 0.6 is 0 Å². The summed E-state index contributed by atoms with van der Waals surface area (Å²) in [5.41, 5.74) is 9.16. The molecule has 8 heteroatoms. The van der Waals surface area contributed by atoms with Crippen molar-refractivity contribution in [2.24, 2.45) is 16.8 Å². The quantitative estimate of drug-likeness (QED) is 0.601. The minimum absolute atomic E-state index is 0.103. The molecule has 0 radical (unpaired) electrons. The number of piperidine rings is 1. The Kier molecular flexibility index (Phi) is 6.70. The Morgan fingerprint density at radius 2 is 1.89 bits per heavy atom. The summed E-state index contributed by atoms with van der Waals surface area (Å²) in [6.07, 6.45) is 2.39. The average Bonchev–Trinajstić information content (AvgIpc) is 3.24. The minimum Gasteiger partial charge on any atom is -0.388 e. The molecule has 2 aromatic rings. The molecule has 188 valence electrons. The molecule has 0 spiro atoms. The molecule has 0 saturated carbocycles. The van der Waals surface area contributed by atoms with Crippen molar-refractivity contribution in [1.82, 2.24) is 15.3 Å². The van der Waals surface area contributed by atoms with E-state index >= 15 is 0 Å². The van der Waals surface area contributed by atoms with Crippen LogP contribution in [0.3, 0.4) is 0 Å². The van der Waals surface area contributed by atoms with Gasteiger partial charge in [0.15, 0.2) is 0 Å². The smallest absolute Gasteiger partial charge is 0.135 e. The summed E-state index contributed by atoms with van der Waals surface area (Å²) in [5.74, 6) is 1.58. The van der Waals surface area contributed by atoms with Crippen LogP contribution in [0.2, 0.25) is 0 Å². The maximum Gasteiger partial charge on any atom is 0.135 e. The number of fused-ring (bicyclic) bond motifs is 1. The van der Waals surface area contributed by atoms with Crippen molar-refractivity contribution in [3.05, 3.63) is 47.3 Å². The largest absolute Gasteiger partial charge is 0.388 e. The van der Waals surface area contributed by atoms with E-state index in [2.05, 4.69) is 59.8 Å². The van der Waals surface area contributed by atoms with Gasteiger partial charge in [-0.05, 0) is 74.0 Å². The third-order valence-electron chi connectivity index (χ3n) is 7.64. The van der Waals surface area contributed by atoms with Crippen LogP contribution in [-0.4, -0.2) is 61.9 Å². The second-order valence-corrected chi connectivity index (χ2v) is 10.3. The van der Waals surface area contributed by atoms with E-state index < -0.39 is 0 Å². The molecule has 0 aromatic heterocycles. The summed E-state index contributed by atoms with van der Waals surface area (Å²) < 4.78 is 14.9. The van der Waals surface area contributed by atoms with Gasteiger partial charge in [-0.15, -0.1) is 0 Å². The fraction of sp³-hybridized carbons (Fsp3) is 0.519. The van der Waals surface area contributed by atoms with Crippen molar-refractivity contribution < 1.29 is 9.23 Å². The molecule has 7 nitrogen and oxygen atoms in total. The molecule has 3 aliphatic rings. The number of rotatable bonds is 4. The van der Waals surface area contributed by atoms with Crippen molar-refractivity contribution in [2.75, 3.05) is 44.5 Å². The van der Waals surface area contributed by atoms with E-state index in [9.17, 15) is 4.39 Å². The number of benzene rings is 2. The molecule has 35 heavy (non-hydrogen) atoms. The Morgan fingerprint density at radius 3 is 2.54 bits per heavy atom. The second kappa shape index (κ2) is 9.76. The molecular formula is C27H37FN6O. The minimum atomic E-state index is -0.242. The summed E-state index contributed by atoms with van der Waals surface area (Å²) in [6.45, 7) is 8.71. The number of aliphatic imine (C=N–C) groups is 1. The van der Waals surface area contributed by atoms with Gasteiger partial charge < -0.3 is 15.5 Å². The van der Waals surface area contributed by atoms with E-state index in [4.69, 9.17) is 9.83 Å². The maximum atomic E-state index is 14.9. The number of hydrogen-bond acceptors (Lipinski definition) is 7. The van der Waals surface area contributed by atoms with Crippen LogP contribution in [-0.2, 0) is 4.84 Å². The summed E-state index contributed by atoms with van der Waals surface area (Å²) in [4.78, 5) is 15.3. The molecule has 2 fully saturated rings. The molecule has 3 aliphatic heterocycles. The summed E-state index contributed by atoms with van der Waals surface area (Å²) in [5, 5.41) is 6.62. The Bertz CT molecular complexity index is 1110. The fourth-order valence-corrected chi connectivity index (χ4v) is 5.79. The molecule has 0 amide bonds. The van der Waals surface area contributed by atoms with Gasteiger partial charge in [-0.3, -0.25) is 9.74 Å². The first kappa shape index (κ1) is 24.0. The molecule has 0 bridgehead atoms. The summed E-state index contributed by atoms with van der Waals surface area (Å²) in [6, 6.07) is 9.45. The van der Waals surface area contributed by atoms with Gasteiger partial charge in [0, 0.05) is 37.0 Å². The number of amidine groups is 1. The standard InChI is InChI=1S/C27H37FN6O/c1-16(2)27-33(5)25(32-35-27)18-8-10-34(11-9-18)26-22-14-20(28)13-21(24(22)30-15-31-26)19-6-7-23(29-4)17(3)12-19/h6-7,12-14,16,18,25,27,29-30,32H,8-11,15H2,1-5H3. The molecule has 5 rings (SSSR count). The van der Waals surface area contributed by atoms with Gasteiger partial charge in [-0.25, -0.2) is 9.38 Å². The zero-order chi connectivity index (χ0) is 24.7. The SMILES string of the molecule is CNc1ccc(-c2cc(F)cc3c2NCN=C3N2CCC(C3NOC(C(C)C)N3C)CC2)cc1C. The second-order valence-electron chi connectivity index (χ2n) is 10.3. The molecule has 2 saturated heterocycles. The van der Waals surface area contributed by atoms with Crippen LogP contribution in [0, 0.1) is 24.6 Å². The van der Waals surface area contributed by atoms with Gasteiger partial charge in [-0.1, -0.05) is 19.9 Å². The van der Waals surface area contributed by atoms with E-state index in [1.165, 1.54) is 0 Å². The van der Waals surface area contributed by atoms with E-state index in [0.717, 1.165) is 65.4 Å². The molecular weight excluding hydrogens is 443 g/mol. The lowest BCUT2D eigenvalue weighted by Gasteiger charge is -2.39. The average molecular weight is 481 g/mol. The highest BCUT2D eigenvalue weighted by Gasteiger charge is 2.39. The van der Waals surface area contributed by atoms with Gasteiger partial charge in [0.2, 0.25) is 0 Å². The van der Waals surface area contributed by atoms with Crippen molar-refractivity contribution in [3.8, 4) is 11.1 Å². The first-order chi connectivity index (χ1) is 16.9. The number of hydrogen-bond donors (Lipinski definition) is 3. The first-order valence-electron chi connectivity index (χ1n) is 12.7. The Hall–Kier alpha value is -2.68. The van der Waals surface area contributed by atoms with Gasteiger partial charge in [0.25, 0.3) is 0 Å². The third-order valence-corrected chi connectivity index (χ3v) is 7.64. The lowest BCUT2D eigenvalue weighted by Crippen LogP contribution is -2.49. The van der Waals surface area contributed by atoms with Crippen LogP contribution in [0.1, 0.15) is 37.8 Å². The molecule has 2 aromatic carbocycles. The Labute approximate surface area is 207 Å². The highest BCUT2D eigenvalue weighted by atomic mass is 19.1. The van der Waals surface area contributed by atoms with Gasteiger partial charge in [0.1, 0.15) is 24.5 Å². The van der Waals surface area contributed by atoms with Crippen LogP contribution in [0.25, 0.3) is 11.1 Å². The van der Waals surface area contributed by atoms with E-state index in [0.29, 0.717) is 18.5 Å². The number of anilines is 2. The predicted molar refractivity (Wildman–Crippen MR) is 140 cm³/mol. The Morgan fingerprint density at radius 1 is 1.14 bits per heavy atom. The number of halogens is 1. The number of likely N-dealkylation sites (tertiary alicyclic amines) is 1. The predicted octanol–water partition coefficient (Wildman–Crippen LogP) is 4.46. The third kappa shape index (κ3) is 4.50. The summed E-state index contributed by atoms with van der Waals surface area (Å²) >= 11 is 0. The zero-order valence-corrected chi connectivity index (χ0v) is 21.4. The van der Waals surface area contributed by atoms with Crippen molar-refractivity contribution in [1.29, 1.82) is 0 Å². The van der Waals surface area contributed by atoms with Crippen molar-refractivity contribution in [2.45, 2.75) is 46.0 Å². The molecule has 3 heterocycles. The van der Waals surface area contributed by atoms with Gasteiger partial charge in [0.05, 0.1) is 11.9 Å². The topological polar surface area (TPSA) is 64.2 Å². The van der Waals surface area contributed by atoms with E-state index in [-0.39, 0.29) is 18.2 Å². The Balaban J connectivity index is 1.36. The molecule has 2 unspecified atom stereocenters. The lowest BCUT2D eigenvalue weighted by atomic mass is 9.91. The van der Waals surface area contributed by atoms with Gasteiger partial charge >= 0.3 is 0 Å². The fourth-order valence-electron chi connectivity index (χ4n) is 5.79. The van der Waals surface area contributed by atoms with E-state index in [1.54, 1.807) is 12.1 Å². The number of nitrogens with one attached hydrogen (secondary N) is 3. The number of hydroxylamine groups is 1. The highest BCUT2D eigenvalue weighted by molar-refractivity contribution is 6.07. The normalized spacial score (nSPS) is 23.3. The van der Waals surface area contributed by atoms with Crippen LogP contribution in [0.4, 0.5) is 15.8 Å². The lowest BCUT2D eigenvalue weighted by molar-refractivity contribution is -0.0318. The number of nitrogens with zero attached hydrogens (tertiary/aromatic N) is 3. The maximum absolute atomic E-state index is 14.9. The number of aryl methyl sites for hydroxylation is 1. The van der Waals surface area contributed by atoms with Crippen LogP contribution in [0.5, 0.6) is 0 Å². The van der Waals surface area contributed by atoms with Crippen molar-refractivity contribution in [3.63, 3.8) is 0 Å². The zero-order valence-electron chi connectivity index (χ0n) is 21.4. The molecule has 0 aliphatic carbocycles. The first-order valence-corrected chi connectivity index (χ1v) is 12.7. The monoisotopic (exact) mass is 480 g/mol. The summed E-state index contributed by atoms with van der Waals surface area (Å²) in [7, 11) is 4.06. The van der Waals surface area contributed by atoms with E-state index in [1.807, 2.05) is 19.2 Å². The van der Waals surface area contributed by atoms with Crippen LogP contribution < -0.4 is 16.1 Å². The highest BCUT2D eigenvalue weighted by Crippen LogP contribution is 2.37. The van der Waals surface area contributed by atoms with Gasteiger partial charge in [-0.2, -0.15) is 5.48 Å². The van der Waals surface area contributed by atoms with Crippen molar-refractivity contribution >= 4 is 17.2 Å².